The third kappa shape index (κ3) is 4.18. The van der Waals surface area contributed by atoms with Gasteiger partial charge < -0.3 is 15.3 Å². The quantitative estimate of drug-likeness (QED) is 0.524. The van der Waals surface area contributed by atoms with Gasteiger partial charge in [0.15, 0.2) is 0 Å². The number of urea groups is 1. The third-order valence-corrected chi connectivity index (χ3v) is 4.29. The Morgan fingerprint density at radius 3 is 2.45 bits per heavy atom. The lowest BCUT2D eigenvalue weighted by Gasteiger charge is -2.31. The molecule has 6 nitrogen and oxygen atoms in total. The molecule has 0 aromatic carbocycles. The number of unbranched alkanes of at least 4 members (excludes halogenated alkanes) is 1. The summed E-state index contributed by atoms with van der Waals surface area (Å²) in [4.78, 5) is 26.5. The predicted molar refractivity (Wildman–Crippen MR) is 75.2 cm³/mol. The second-order valence-electron chi connectivity index (χ2n) is 5.71. The van der Waals surface area contributed by atoms with Crippen LogP contribution in [0.2, 0.25) is 0 Å². The number of nitrogens with one attached hydrogen (secondary N) is 1. The van der Waals surface area contributed by atoms with Crippen LogP contribution in [0.3, 0.4) is 0 Å². The molecule has 0 saturated carbocycles. The van der Waals surface area contributed by atoms with Gasteiger partial charge in [0.1, 0.15) is 0 Å². The van der Waals surface area contributed by atoms with Gasteiger partial charge in [0.05, 0.1) is 6.54 Å². The lowest BCUT2D eigenvalue weighted by molar-refractivity contribution is -0.125. The molecule has 0 bridgehead atoms. The molecule has 2 fully saturated rings. The number of aliphatic hydroxyl groups is 1. The van der Waals surface area contributed by atoms with Crippen LogP contribution in [-0.4, -0.2) is 66.2 Å². The highest BCUT2D eigenvalue weighted by atomic mass is 16.3. The fraction of sp³-hybridized carbons (Fsp3) is 0.857. The standard InChI is InChI=1S/C14H25N3O3/c18-10-5-12-3-8-16(9-4-12)6-1-2-7-17-13(19)11-15-14(17)20/h12,18H,1-11H2,(H,15,20). The van der Waals surface area contributed by atoms with E-state index in [9.17, 15) is 9.59 Å². The number of imide groups is 1. The Morgan fingerprint density at radius 1 is 1.15 bits per heavy atom. The lowest BCUT2D eigenvalue weighted by atomic mass is 9.94. The van der Waals surface area contributed by atoms with Gasteiger partial charge in [-0.15, -0.1) is 0 Å². The van der Waals surface area contributed by atoms with E-state index in [0.29, 0.717) is 19.1 Å². The van der Waals surface area contributed by atoms with Gasteiger partial charge in [0.25, 0.3) is 0 Å². The SMILES string of the molecule is O=C1CNC(=O)N1CCCCN1CCC(CCO)CC1. The van der Waals surface area contributed by atoms with E-state index in [4.69, 9.17) is 5.11 Å². The van der Waals surface area contributed by atoms with Crippen LogP contribution >= 0.6 is 0 Å². The maximum Gasteiger partial charge on any atom is 0.324 e. The average molecular weight is 283 g/mol. The molecule has 2 aliphatic heterocycles. The molecule has 6 heteroatoms. The van der Waals surface area contributed by atoms with Crippen molar-refractivity contribution in [2.45, 2.75) is 32.1 Å². The number of hydrogen-bond donors (Lipinski definition) is 2. The van der Waals surface area contributed by atoms with E-state index in [1.165, 1.54) is 17.7 Å². The van der Waals surface area contributed by atoms with E-state index in [0.717, 1.165) is 38.9 Å². The zero-order valence-corrected chi connectivity index (χ0v) is 12.0. The van der Waals surface area contributed by atoms with Gasteiger partial charge in [-0.2, -0.15) is 0 Å². The molecule has 0 aliphatic carbocycles. The number of carbonyl (C=O) groups excluding carboxylic acids is 2. The van der Waals surface area contributed by atoms with Gasteiger partial charge in [0, 0.05) is 13.2 Å². The lowest BCUT2D eigenvalue weighted by Crippen LogP contribution is -2.35. The summed E-state index contributed by atoms with van der Waals surface area (Å²) in [6, 6.07) is -0.250. The van der Waals surface area contributed by atoms with Crippen molar-refractivity contribution >= 4 is 11.9 Å². The van der Waals surface area contributed by atoms with Crippen LogP contribution in [0.15, 0.2) is 0 Å². The van der Waals surface area contributed by atoms with Crippen molar-refractivity contribution in [2.75, 3.05) is 39.3 Å². The summed E-state index contributed by atoms with van der Waals surface area (Å²) in [6.07, 6.45) is 5.17. The van der Waals surface area contributed by atoms with Gasteiger partial charge in [-0.1, -0.05) is 0 Å². The van der Waals surface area contributed by atoms with Crippen LogP contribution in [0, 0.1) is 5.92 Å². The van der Waals surface area contributed by atoms with E-state index in [1.54, 1.807) is 0 Å². The minimum atomic E-state index is -0.250. The molecule has 2 heterocycles. The van der Waals surface area contributed by atoms with E-state index < -0.39 is 0 Å². The molecular weight excluding hydrogens is 258 g/mol. The molecule has 0 aromatic rings. The summed E-state index contributed by atoms with van der Waals surface area (Å²) < 4.78 is 0. The molecule has 114 valence electrons. The van der Waals surface area contributed by atoms with E-state index in [2.05, 4.69) is 10.2 Å². The monoisotopic (exact) mass is 283 g/mol. The molecule has 2 saturated heterocycles. The second-order valence-corrected chi connectivity index (χ2v) is 5.71. The molecule has 20 heavy (non-hydrogen) atoms. The fourth-order valence-corrected chi connectivity index (χ4v) is 2.97. The predicted octanol–water partition coefficient (Wildman–Crippen LogP) is 0.413. The summed E-state index contributed by atoms with van der Waals surface area (Å²) in [7, 11) is 0. The maximum atomic E-state index is 11.4. The first kappa shape index (κ1) is 15.3. The van der Waals surface area contributed by atoms with E-state index >= 15 is 0 Å². The van der Waals surface area contributed by atoms with Crippen molar-refractivity contribution in [1.82, 2.24) is 15.1 Å². The molecule has 2 rings (SSSR count). The summed E-state index contributed by atoms with van der Waals surface area (Å²) in [5.74, 6) is 0.571. The number of aliphatic hydroxyl groups excluding tert-OH is 1. The summed E-state index contributed by atoms with van der Waals surface area (Å²) in [5, 5.41) is 11.5. The average Bonchev–Trinajstić information content (AvgIpc) is 2.77. The first-order valence-electron chi connectivity index (χ1n) is 7.62. The van der Waals surface area contributed by atoms with Crippen molar-refractivity contribution in [3.05, 3.63) is 0 Å². The Hall–Kier alpha value is -1.14. The molecule has 0 radical (unpaired) electrons. The molecule has 2 aliphatic rings. The van der Waals surface area contributed by atoms with Crippen molar-refractivity contribution in [3.8, 4) is 0 Å². The topological polar surface area (TPSA) is 72.9 Å². The minimum absolute atomic E-state index is 0.111. The van der Waals surface area contributed by atoms with Crippen molar-refractivity contribution < 1.29 is 14.7 Å². The number of piperidine rings is 1. The largest absolute Gasteiger partial charge is 0.396 e. The van der Waals surface area contributed by atoms with E-state index in [1.807, 2.05) is 0 Å². The maximum absolute atomic E-state index is 11.4. The van der Waals surface area contributed by atoms with Crippen molar-refractivity contribution in [3.63, 3.8) is 0 Å². The van der Waals surface area contributed by atoms with Crippen LogP contribution in [0.4, 0.5) is 4.79 Å². The molecule has 0 spiro atoms. The van der Waals surface area contributed by atoms with E-state index in [-0.39, 0.29) is 18.5 Å². The minimum Gasteiger partial charge on any atom is -0.396 e. The van der Waals surface area contributed by atoms with Gasteiger partial charge in [-0.05, 0) is 57.7 Å². The molecule has 2 N–H and O–H groups in total. The van der Waals surface area contributed by atoms with Gasteiger partial charge >= 0.3 is 6.03 Å². The Morgan fingerprint density at radius 2 is 1.85 bits per heavy atom. The van der Waals surface area contributed by atoms with Crippen LogP contribution in [-0.2, 0) is 4.79 Å². The normalized spacial score (nSPS) is 21.6. The van der Waals surface area contributed by atoms with Crippen LogP contribution in [0.5, 0.6) is 0 Å². The molecule has 0 unspecified atom stereocenters. The zero-order chi connectivity index (χ0) is 14.4. The van der Waals surface area contributed by atoms with Crippen LogP contribution in [0.25, 0.3) is 0 Å². The number of hydrogen-bond acceptors (Lipinski definition) is 4. The first-order valence-corrected chi connectivity index (χ1v) is 7.62. The van der Waals surface area contributed by atoms with Crippen LogP contribution < -0.4 is 5.32 Å². The number of likely N-dealkylation sites (tertiary alicyclic amines) is 1. The highest BCUT2D eigenvalue weighted by Gasteiger charge is 2.27. The third-order valence-electron chi connectivity index (χ3n) is 4.29. The Bertz CT molecular complexity index is 325. The number of amides is 3. The van der Waals surface area contributed by atoms with Gasteiger partial charge in [-0.25, -0.2) is 4.79 Å². The van der Waals surface area contributed by atoms with Gasteiger partial charge in [-0.3, -0.25) is 9.69 Å². The van der Waals surface area contributed by atoms with Crippen LogP contribution in [0.1, 0.15) is 32.1 Å². The number of carbonyl (C=O) groups is 2. The second kappa shape index (κ2) is 7.59. The fourth-order valence-electron chi connectivity index (χ4n) is 2.97. The molecule has 3 amide bonds. The number of rotatable bonds is 7. The molecular formula is C14H25N3O3. The zero-order valence-electron chi connectivity index (χ0n) is 12.0. The summed E-state index contributed by atoms with van der Waals surface area (Å²) >= 11 is 0. The van der Waals surface area contributed by atoms with Gasteiger partial charge in [0.2, 0.25) is 5.91 Å². The Kier molecular flexibility index (Phi) is 5.79. The van der Waals surface area contributed by atoms with Crippen molar-refractivity contribution in [1.29, 1.82) is 0 Å². The Labute approximate surface area is 120 Å². The highest BCUT2D eigenvalue weighted by Crippen LogP contribution is 2.20. The number of nitrogens with zero attached hydrogens (tertiary/aromatic N) is 2. The summed E-state index contributed by atoms with van der Waals surface area (Å²) in [6.45, 7) is 4.23. The highest BCUT2D eigenvalue weighted by molar-refractivity contribution is 6.01. The summed E-state index contributed by atoms with van der Waals surface area (Å²) in [5.41, 5.74) is 0. The molecule has 0 aromatic heterocycles. The Balaban J connectivity index is 1.56. The van der Waals surface area contributed by atoms with Crippen molar-refractivity contribution in [2.24, 2.45) is 5.92 Å². The smallest absolute Gasteiger partial charge is 0.324 e. The molecule has 0 atom stereocenters. The first-order chi connectivity index (χ1) is 9.70.